The fourth-order valence-electron chi connectivity index (χ4n) is 3.01. The number of rotatable bonds is 6. The molecule has 1 atom stereocenters. The van der Waals surface area contributed by atoms with Gasteiger partial charge in [0.1, 0.15) is 11.6 Å². The van der Waals surface area contributed by atoms with Crippen LogP contribution in [0.4, 0.5) is 10.1 Å². The average Bonchev–Trinajstić information content (AvgIpc) is 3.18. The Morgan fingerprint density at radius 3 is 2.89 bits per heavy atom. The SMILES string of the molecule is COc1ccc(Cl)c(NC(=S)N(Cc2ccccc2F)CC2CCCO2)c1. The topological polar surface area (TPSA) is 33.7 Å². The largest absolute Gasteiger partial charge is 0.497 e. The summed E-state index contributed by atoms with van der Waals surface area (Å²) in [5.74, 6) is 0.418. The van der Waals surface area contributed by atoms with Crippen molar-refractivity contribution in [3.63, 3.8) is 0 Å². The number of thiocarbonyl (C=S) groups is 1. The number of nitrogens with one attached hydrogen (secondary N) is 1. The monoisotopic (exact) mass is 408 g/mol. The highest BCUT2D eigenvalue weighted by Crippen LogP contribution is 2.27. The standard InChI is InChI=1S/C20H22ClFN2O2S/c1-25-15-8-9-17(21)19(11-15)23-20(27)24(13-16-6-4-10-26-16)12-14-5-2-3-7-18(14)22/h2-3,5,7-9,11,16H,4,6,10,12-13H2,1H3,(H,23,27). The summed E-state index contributed by atoms with van der Waals surface area (Å²) >= 11 is 11.9. The normalized spacial score (nSPS) is 16.2. The Hall–Kier alpha value is -1.89. The van der Waals surface area contributed by atoms with E-state index in [1.807, 2.05) is 11.0 Å². The molecule has 1 N–H and O–H groups in total. The molecular formula is C20H22ClFN2O2S. The summed E-state index contributed by atoms with van der Waals surface area (Å²) in [5, 5.41) is 4.16. The maximum Gasteiger partial charge on any atom is 0.173 e. The molecule has 0 aromatic heterocycles. The lowest BCUT2D eigenvalue weighted by Crippen LogP contribution is -2.39. The van der Waals surface area contributed by atoms with E-state index in [2.05, 4.69) is 5.32 Å². The molecule has 0 aliphatic carbocycles. The third-order valence-electron chi connectivity index (χ3n) is 4.47. The second kappa shape index (κ2) is 9.35. The van der Waals surface area contributed by atoms with Gasteiger partial charge in [-0.05, 0) is 43.3 Å². The van der Waals surface area contributed by atoms with Crippen molar-refractivity contribution in [3.05, 3.63) is 58.9 Å². The van der Waals surface area contributed by atoms with Gasteiger partial charge in [0.15, 0.2) is 5.11 Å². The van der Waals surface area contributed by atoms with Crippen LogP contribution in [-0.2, 0) is 11.3 Å². The average molecular weight is 409 g/mol. The van der Waals surface area contributed by atoms with E-state index in [4.69, 9.17) is 33.3 Å². The zero-order chi connectivity index (χ0) is 19.2. The minimum Gasteiger partial charge on any atom is -0.497 e. The van der Waals surface area contributed by atoms with Crippen LogP contribution in [0.3, 0.4) is 0 Å². The highest BCUT2D eigenvalue weighted by Gasteiger charge is 2.22. The maximum atomic E-state index is 14.2. The van der Waals surface area contributed by atoms with Crippen LogP contribution in [0.15, 0.2) is 42.5 Å². The van der Waals surface area contributed by atoms with E-state index in [0.717, 1.165) is 19.4 Å². The molecule has 1 aliphatic heterocycles. The van der Waals surface area contributed by atoms with Gasteiger partial charge >= 0.3 is 0 Å². The predicted molar refractivity (Wildman–Crippen MR) is 110 cm³/mol. The van der Waals surface area contributed by atoms with Gasteiger partial charge < -0.3 is 19.7 Å². The lowest BCUT2D eigenvalue weighted by atomic mass is 10.2. The Morgan fingerprint density at radius 2 is 2.19 bits per heavy atom. The summed E-state index contributed by atoms with van der Waals surface area (Å²) in [6.07, 6.45) is 2.08. The number of hydrogen-bond donors (Lipinski definition) is 1. The molecular weight excluding hydrogens is 387 g/mol. The molecule has 0 saturated carbocycles. The van der Waals surface area contributed by atoms with Crippen LogP contribution >= 0.6 is 23.8 Å². The molecule has 0 radical (unpaired) electrons. The number of ether oxygens (including phenoxy) is 2. The molecule has 2 aromatic carbocycles. The van der Waals surface area contributed by atoms with Gasteiger partial charge in [0, 0.05) is 31.3 Å². The highest BCUT2D eigenvalue weighted by molar-refractivity contribution is 7.80. The van der Waals surface area contributed by atoms with Gasteiger partial charge in [-0.25, -0.2) is 4.39 Å². The maximum absolute atomic E-state index is 14.2. The molecule has 27 heavy (non-hydrogen) atoms. The fraction of sp³-hybridized carbons (Fsp3) is 0.350. The molecule has 1 unspecified atom stereocenters. The van der Waals surface area contributed by atoms with Gasteiger partial charge in [-0.2, -0.15) is 0 Å². The Bertz CT molecular complexity index is 799. The highest BCUT2D eigenvalue weighted by atomic mass is 35.5. The first kappa shape index (κ1) is 19.9. The second-order valence-electron chi connectivity index (χ2n) is 6.38. The van der Waals surface area contributed by atoms with Gasteiger partial charge in [-0.15, -0.1) is 0 Å². The van der Waals surface area contributed by atoms with E-state index in [9.17, 15) is 4.39 Å². The van der Waals surface area contributed by atoms with Crippen LogP contribution in [0.2, 0.25) is 5.02 Å². The van der Waals surface area contributed by atoms with Crippen molar-refractivity contribution in [2.24, 2.45) is 0 Å². The van der Waals surface area contributed by atoms with E-state index in [1.165, 1.54) is 6.07 Å². The van der Waals surface area contributed by atoms with E-state index in [1.54, 1.807) is 37.4 Å². The lowest BCUT2D eigenvalue weighted by Gasteiger charge is -2.28. The van der Waals surface area contributed by atoms with Crippen molar-refractivity contribution in [3.8, 4) is 5.75 Å². The molecule has 1 heterocycles. The molecule has 7 heteroatoms. The molecule has 0 bridgehead atoms. The zero-order valence-electron chi connectivity index (χ0n) is 15.1. The Kier molecular flexibility index (Phi) is 6.88. The molecule has 4 nitrogen and oxygen atoms in total. The molecule has 0 amide bonds. The minimum atomic E-state index is -0.253. The van der Waals surface area contributed by atoms with Crippen molar-refractivity contribution in [2.75, 3.05) is 25.6 Å². The Morgan fingerprint density at radius 1 is 1.37 bits per heavy atom. The van der Waals surface area contributed by atoms with Crippen LogP contribution in [0.25, 0.3) is 0 Å². The van der Waals surface area contributed by atoms with Crippen molar-refractivity contribution in [2.45, 2.75) is 25.5 Å². The van der Waals surface area contributed by atoms with Crippen molar-refractivity contribution in [1.82, 2.24) is 4.90 Å². The third kappa shape index (κ3) is 5.31. The lowest BCUT2D eigenvalue weighted by molar-refractivity contribution is 0.0903. The van der Waals surface area contributed by atoms with Crippen LogP contribution in [0.1, 0.15) is 18.4 Å². The smallest absolute Gasteiger partial charge is 0.173 e. The quantitative estimate of drug-likeness (QED) is 0.690. The van der Waals surface area contributed by atoms with Gasteiger partial charge in [0.2, 0.25) is 0 Å². The number of nitrogens with zero attached hydrogens (tertiary/aromatic N) is 1. The number of halogens is 2. The number of anilines is 1. The van der Waals surface area contributed by atoms with Crippen LogP contribution < -0.4 is 10.1 Å². The van der Waals surface area contributed by atoms with E-state index < -0.39 is 0 Å². The summed E-state index contributed by atoms with van der Waals surface area (Å²) in [6, 6.07) is 12.0. The summed E-state index contributed by atoms with van der Waals surface area (Å²) in [6.45, 7) is 1.68. The van der Waals surface area contributed by atoms with E-state index in [-0.39, 0.29) is 11.9 Å². The molecule has 1 fully saturated rings. The van der Waals surface area contributed by atoms with Gasteiger partial charge in [0.25, 0.3) is 0 Å². The van der Waals surface area contributed by atoms with Gasteiger partial charge in [-0.3, -0.25) is 0 Å². The molecule has 0 spiro atoms. The molecule has 144 valence electrons. The number of hydrogen-bond acceptors (Lipinski definition) is 3. The van der Waals surface area contributed by atoms with Crippen molar-refractivity contribution in [1.29, 1.82) is 0 Å². The van der Waals surface area contributed by atoms with Crippen LogP contribution in [-0.4, -0.2) is 36.4 Å². The van der Waals surface area contributed by atoms with Crippen molar-refractivity contribution >= 4 is 34.6 Å². The first-order valence-electron chi connectivity index (χ1n) is 8.81. The molecule has 2 aromatic rings. The number of benzene rings is 2. The number of methoxy groups -OCH3 is 1. The van der Waals surface area contributed by atoms with Gasteiger partial charge in [0.05, 0.1) is 23.9 Å². The molecule has 1 aliphatic rings. The zero-order valence-corrected chi connectivity index (χ0v) is 16.7. The van der Waals surface area contributed by atoms with Gasteiger partial charge in [-0.1, -0.05) is 29.8 Å². The summed E-state index contributed by atoms with van der Waals surface area (Å²) in [4.78, 5) is 1.92. The summed E-state index contributed by atoms with van der Waals surface area (Å²) in [7, 11) is 1.59. The predicted octanol–water partition coefficient (Wildman–Crippen LogP) is 4.87. The Labute approximate surface area is 169 Å². The first-order valence-corrected chi connectivity index (χ1v) is 9.60. The minimum absolute atomic E-state index is 0.0808. The molecule has 1 saturated heterocycles. The third-order valence-corrected chi connectivity index (χ3v) is 5.16. The van der Waals surface area contributed by atoms with Crippen LogP contribution in [0, 0.1) is 5.82 Å². The van der Waals surface area contributed by atoms with Crippen LogP contribution in [0.5, 0.6) is 5.75 Å². The second-order valence-corrected chi connectivity index (χ2v) is 7.18. The van der Waals surface area contributed by atoms with E-state index >= 15 is 0 Å². The van der Waals surface area contributed by atoms with E-state index in [0.29, 0.717) is 40.2 Å². The fourth-order valence-corrected chi connectivity index (χ4v) is 3.42. The summed E-state index contributed by atoms with van der Waals surface area (Å²) < 4.78 is 25.1. The van der Waals surface area contributed by atoms with Crippen molar-refractivity contribution < 1.29 is 13.9 Å². The Balaban J connectivity index is 1.78. The first-order chi connectivity index (χ1) is 13.1. The molecule has 3 rings (SSSR count). The summed E-state index contributed by atoms with van der Waals surface area (Å²) in [5.41, 5.74) is 1.23.